The molecule has 1 N–H and O–H groups in total. The predicted octanol–water partition coefficient (Wildman–Crippen LogP) is 2.40. The molecule has 3 aliphatic heterocycles. The van der Waals surface area contributed by atoms with Crippen molar-refractivity contribution in [3.63, 3.8) is 0 Å². The minimum atomic E-state index is -0.769. The van der Waals surface area contributed by atoms with Crippen molar-refractivity contribution < 1.29 is 18.8 Å². The number of carbonyl (C=O) groups is 3. The number of nitrogens with one attached hydrogen (secondary N) is 1. The fraction of sp³-hybridized carbons (Fsp3) is 0.625. The van der Waals surface area contributed by atoms with E-state index in [-0.39, 0.29) is 36.1 Å². The second kappa shape index (κ2) is 9.17. The van der Waals surface area contributed by atoms with Gasteiger partial charge in [0.05, 0.1) is 6.42 Å². The Hall–Kier alpha value is -2.48. The molecule has 0 radical (unpaired) electrons. The van der Waals surface area contributed by atoms with Crippen molar-refractivity contribution in [3.05, 3.63) is 35.6 Å². The van der Waals surface area contributed by atoms with Crippen LogP contribution in [-0.2, 0) is 16.0 Å². The van der Waals surface area contributed by atoms with Crippen LogP contribution in [-0.4, -0.2) is 76.8 Å². The molecule has 8 heteroatoms. The van der Waals surface area contributed by atoms with E-state index in [1.807, 2.05) is 0 Å². The number of benzene rings is 1. The maximum absolute atomic E-state index is 13.4. The molecule has 0 aliphatic carbocycles. The zero-order valence-corrected chi connectivity index (χ0v) is 19.0. The van der Waals surface area contributed by atoms with E-state index < -0.39 is 5.54 Å². The van der Waals surface area contributed by atoms with Crippen LogP contribution in [0.15, 0.2) is 24.3 Å². The third kappa shape index (κ3) is 4.65. The molecule has 1 aromatic rings. The van der Waals surface area contributed by atoms with Gasteiger partial charge < -0.3 is 15.1 Å². The Kier molecular flexibility index (Phi) is 6.51. The Morgan fingerprint density at radius 1 is 1.16 bits per heavy atom. The first kappa shape index (κ1) is 22.7. The molecular formula is C24H33FN4O3. The number of urea groups is 1. The summed E-state index contributed by atoms with van der Waals surface area (Å²) in [7, 11) is 0. The number of rotatable bonds is 5. The van der Waals surface area contributed by atoms with Crippen molar-refractivity contribution in [3.8, 4) is 0 Å². The smallest absolute Gasteiger partial charge is 0.325 e. The highest BCUT2D eigenvalue weighted by Gasteiger charge is 2.54. The summed E-state index contributed by atoms with van der Waals surface area (Å²) in [5.41, 5.74) is -0.119. The lowest BCUT2D eigenvalue weighted by Crippen LogP contribution is -2.56. The van der Waals surface area contributed by atoms with E-state index in [1.165, 1.54) is 17.0 Å². The number of halogens is 1. The molecule has 3 saturated heterocycles. The van der Waals surface area contributed by atoms with Gasteiger partial charge in [0.15, 0.2) is 0 Å². The van der Waals surface area contributed by atoms with Crippen LogP contribution in [0.2, 0.25) is 0 Å². The Bertz CT molecular complexity index is 874. The van der Waals surface area contributed by atoms with Crippen LogP contribution >= 0.6 is 0 Å². The topological polar surface area (TPSA) is 73.0 Å². The van der Waals surface area contributed by atoms with Crippen LogP contribution in [0.4, 0.5) is 9.18 Å². The summed E-state index contributed by atoms with van der Waals surface area (Å²) in [6, 6.07) is 5.60. The average Bonchev–Trinajstić information content (AvgIpc) is 2.99. The molecule has 7 nitrogen and oxygen atoms in total. The molecule has 3 fully saturated rings. The first-order chi connectivity index (χ1) is 15.3. The number of likely N-dealkylation sites (tertiary alicyclic amines) is 2. The minimum Gasteiger partial charge on any atom is -0.342 e. The van der Waals surface area contributed by atoms with E-state index in [0.29, 0.717) is 50.3 Å². The summed E-state index contributed by atoms with van der Waals surface area (Å²) in [5.74, 6) is 0.0660. The maximum Gasteiger partial charge on any atom is 0.325 e. The van der Waals surface area contributed by atoms with Crippen molar-refractivity contribution in [2.75, 3.05) is 32.7 Å². The van der Waals surface area contributed by atoms with Crippen LogP contribution in [0.3, 0.4) is 0 Å². The van der Waals surface area contributed by atoms with Gasteiger partial charge in [-0.05, 0) is 49.3 Å². The van der Waals surface area contributed by atoms with Crippen molar-refractivity contribution in [2.24, 2.45) is 5.92 Å². The van der Waals surface area contributed by atoms with Crippen molar-refractivity contribution in [1.29, 1.82) is 0 Å². The molecule has 4 rings (SSSR count). The first-order valence-electron chi connectivity index (χ1n) is 11.7. The fourth-order valence-electron chi connectivity index (χ4n) is 5.25. The van der Waals surface area contributed by atoms with Gasteiger partial charge in [-0.3, -0.25) is 14.5 Å². The second-order valence-electron chi connectivity index (χ2n) is 9.80. The number of hydrogen-bond donors (Lipinski definition) is 1. The largest absolute Gasteiger partial charge is 0.342 e. The molecule has 0 atom stereocenters. The number of nitrogens with zero attached hydrogens (tertiary/aromatic N) is 3. The lowest BCUT2D eigenvalue weighted by Gasteiger charge is -2.39. The van der Waals surface area contributed by atoms with Gasteiger partial charge in [-0.25, -0.2) is 9.18 Å². The van der Waals surface area contributed by atoms with E-state index in [2.05, 4.69) is 24.1 Å². The maximum atomic E-state index is 13.4. The molecule has 0 saturated carbocycles. The van der Waals surface area contributed by atoms with Crippen LogP contribution in [0.1, 0.15) is 45.1 Å². The number of imide groups is 1. The SMILES string of the molecule is CC(C)CN1CCC2(CC1)NC(=O)N(C1CCN(C(=O)Cc3cccc(F)c3)CC1)C2=O. The van der Waals surface area contributed by atoms with Gasteiger partial charge in [0.25, 0.3) is 5.91 Å². The lowest BCUT2D eigenvalue weighted by molar-refractivity contribution is -0.136. The van der Waals surface area contributed by atoms with Crippen LogP contribution < -0.4 is 5.32 Å². The Labute approximate surface area is 188 Å². The second-order valence-corrected chi connectivity index (χ2v) is 9.80. The fourth-order valence-corrected chi connectivity index (χ4v) is 5.25. The first-order valence-corrected chi connectivity index (χ1v) is 11.7. The zero-order valence-electron chi connectivity index (χ0n) is 19.0. The van der Waals surface area contributed by atoms with Gasteiger partial charge in [-0.15, -0.1) is 0 Å². The summed E-state index contributed by atoms with van der Waals surface area (Å²) in [6.45, 7) is 7.98. The third-order valence-electron chi connectivity index (χ3n) is 6.95. The van der Waals surface area contributed by atoms with Gasteiger partial charge in [-0.1, -0.05) is 26.0 Å². The molecule has 0 aromatic heterocycles. The Balaban J connectivity index is 1.32. The monoisotopic (exact) mass is 444 g/mol. The Morgan fingerprint density at radius 3 is 2.47 bits per heavy atom. The molecular weight excluding hydrogens is 411 g/mol. The number of piperidine rings is 2. The van der Waals surface area contributed by atoms with Crippen LogP contribution in [0.25, 0.3) is 0 Å². The van der Waals surface area contributed by atoms with E-state index in [4.69, 9.17) is 0 Å². The Morgan fingerprint density at radius 2 is 1.84 bits per heavy atom. The highest BCUT2D eigenvalue weighted by molar-refractivity contribution is 6.07. The molecule has 3 heterocycles. The molecule has 4 amide bonds. The third-order valence-corrected chi connectivity index (χ3v) is 6.95. The summed E-state index contributed by atoms with van der Waals surface area (Å²) in [4.78, 5) is 44.2. The number of carbonyl (C=O) groups excluding carboxylic acids is 3. The molecule has 174 valence electrons. The van der Waals surface area contributed by atoms with Crippen LogP contribution in [0.5, 0.6) is 0 Å². The highest BCUT2D eigenvalue weighted by atomic mass is 19.1. The van der Waals surface area contributed by atoms with E-state index >= 15 is 0 Å². The molecule has 3 aliphatic rings. The number of hydrogen-bond acceptors (Lipinski definition) is 4. The summed E-state index contributed by atoms with van der Waals surface area (Å²) >= 11 is 0. The quantitative estimate of drug-likeness (QED) is 0.708. The van der Waals surface area contributed by atoms with Gasteiger partial charge in [0.2, 0.25) is 5.91 Å². The van der Waals surface area contributed by atoms with Gasteiger partial charge in [-0.2, -0.15) is 0 Å². The molecule has 32 heavy (non-hydrogen) atoms. The highest BCUT2D eigenvalue weighted by Crippen LogP contribution is 2.33. The molecule has 1 aromatic carbocycles. The van der Waals surface area contributed by atoms with E-state index in [0.717, 1.165) is 19.6 Å². The predicted molar refractivity (Wildman–Crippen MR) is 118 cm³/mol. The van der Waals surface area contributed by atoms with E-state index in [1.54, 1.807) is 17.0 Å². The van der Waals surface area contributed by atoms with E-state index in [9.17, 15) is 18.8 Å². The van der Waals surface area contributed by atoms with Gasteiger partial charge in [0.1, 0.15) is 11.4 Å². The van der Waals surface area contributed by atoms with Gasteiger partial charge in [0, 0.05) is 38.8 Å². The average molecular weight is 445 g/mol. The molecule has 0 unspecified atom stereocenters. The molecule has 1 spiro atoms. The standard InChI is InChI=1S/C24H33FN4O3/c1-17(2)16-27-12-8-24(9-13-27)22(31)29(23(32)26-24)20-6-10-28(11-7-20)21(30)15-18-4-3-5-19(25)14-18/h3-5,14,17,20H,6-13,15-16H2,1-2H3,(H,26,32). The summed E-state index contributed by atoms with van der Waals surface area (Å²) in [6.07, 6.45) is 2.59. The summed E-state index contributed by atoms with van der Waals surface area (Å²) in [5, 5.41) is 3.01. The number of amides is 4. The normalized spacial score (nSPS) is 22.1. The van der Waals surface area contributed by atoms with Crippen LogP contribution in [0, 0.1) is 11.7 Å². The lowest BCUT2D eigenvalue weighted by atomic mass is 9.86. The summed E-state index contributed by atoms with van der Waals surface area (Å²) < 4.78 is 13.4. The van der Waals surface area contributed by atoms with Crippen molar-refractivity contribution in [2.45, 2.75) is 57.5 Å². The zero-order chi connectivity index (χ0) is 22.9. The van der Waals surface area contributed by atoms with Crippen molar-refractivity contribution >= 4 is 17.8 Å². The minimum absolute atomic E-state index is 0.0553. The van der Waals surface area contributed by atoms with Gasteiger partial charge >= 0.3 is 6.03 Å². The molecule has 0 bridgehead atoms. The van der Waals surface area contributed by atoms with Crippen molar-refractivity contribution in [1.82, 2.24) is 20.0 Å².